The molecule has 0 saturated carbocycles. The maximum absolute atomic E-state index is 12.7. The average Bonchev–Trinajstić information content (AvgIpc) is 2.48. The van der Waals surface area contributed by atoms with E-state index in [1.165, 1.54) is 6.42 Å². The normalized spacial score (nSPS) is 15.5. The molecule has 0 atom stereocenters. The van der Waals surface area contributed by atoms with E-state index >= 15 is 0 Å². The predicted molar refractivity (Wildman–Crippen MR) is 80.0 cm³/mol. The highest BCUT2D eigenvalue weighted by Gasteiger charge is 2.23. The highest BCUT2D eigenvalue weighted by Crippen LogP contribution is 2.20. The Morgan fingerprint density at radius 3 is 2.65 bits per heavy atom. The quantitative estimate of drug-likeness (QED) is 0.918. The van der Waals surface area contributed by atoms with E-state index < -0.39 is 0 Å². The number of rotatable bonds is 4. The minimum absolute atomic E-state index is 0.0324. The Labute approximate surface area is 120 Å². The molecule has 1 aliphatic heterocycles. The van der Waals surface area contributed by atoms with Crippen LogP contribution in [0.25, 0.3) is 0 Å². The van der Waals surface area contributed by atoms with Gasteiger partial charge in [-0.15, -0.1) is 0 Å². The van der Waals surface area contributed by atoms with Crippen LogP contribution in [0.2, 0.25) is 0 Å². The first kappa shape index (κ1) is 14.8. The van der Waals surface area contributed by atoms with E-state index in [4.69, 9.17) is 0 Å². The van der Waals surface area contributed by atoms with Gasteiger partial charge in [0.2, 0.25) is 0 Å². The summed E-state index contributed by atoms with van der Waals surface area (Å²) >= 11 is 0. The zero-order valence-electron chi connectivity index (χ0n) is 12.6. The molecule has 0 radical (unpaired) electrons. The molecule has 0 unspecified atom stereocenters. The molecule has 5 nitrogen and oxygen atoms in total. The number of carbonyl (C=O) groups excluding carboxylic acids is 1. The van der Waals surface area contributed by atoms with Crippen molar-refractivity contribution >= 4 is 11.6 Å². The van der Waals surface area contributed by atoms with Crippen LogP contribution in [0.5, 0.6) is 0 Å². The lowest BCUT2D eigenvalue weighted by atomic mass is 10.1. The summed E-state index contributed by atoms with van der Waals surface area (Å²) in [6.45, 7) is 8.52. The number of nitrogens with one attached hydrogen (secondary N) is 1. The zero-order valence-corrected chi connectivity index (χ0v) is 12.6. The fourth-order valence-electron chi connectivity index (χ4n) is 2.40. The van der Waals surface area contributed by atoms with Crippen molar-refractivity contribution in [1.29, 1.82) is 0 Å². The maximum Gasteiger partial charge on any atom is 0.274 e. The molecule has 1 saturated heterocycles. The van der Waals surface area contributed by atoms with Crippen molar-refractivity contribution in [1.82, 2.24) is 14.9 Å². The van der Waals surface area contributed by atoms with E-state index in [1.807, 2.05) is 25.7 Å². The van der Waals surface area contributed by atoms with Crippen LogP contribution in [0.15, 0.2) is 6.20 Å². The molecule has 1 fully saturated rings. The van der Waals surface area contributed by atoms with Crippen molar-refractivity contribution in [3.8, 4) is 0 Å². The van der Waals surface area contributed by atoms with Crippen LogP contribution in [0.1, 0.15) is 62.3 Å². The standard InChI is InChI=1S/C15H24N4O/c1-4-16-12-10-17-14(11(2)3)18-13(12)15(20)19-8-6-5-7-9-19/h10-11,16H,4-9H2,1-3H3. The van der Waals surface area contributed by atoms with Crippen molar-refractivity contribution < 1.29 is 4.79 Å². The third-order valence-electron chi connectivity index (χ3n) is 3.54. The van der Waals surface area contributed by atoms with E-state index in [0.29, 0.717) is 5.69 Å². The van der Waals surface area contributed by atoms with Gasteiger partial charge in [-0.1, -0.05) is 13.8 Å². The Balaban J connectivity index is 2.30. The van der Waals surface area contributed by atoms with E-state index in [9.17, 15) is 4.79 Å². The summed E-state index contributed by atoms with van der Waals surface area (Å²) in [4.78, 5) is 23.4. The van der Waals surface area contributed by atoms with Gasteiger partial charge < -0.3 is 10.2 Å². The van der Waals surface area contributed by atoms with Crippen LogP contribution in [0, 0.1) is 0 Å². The first-order valence-corrected chi connectivity index (χ1v) is 7.53. The monoisotopic (exact) mass is 276 g/mol. The van der Waals surface area contributed by atoms with E-state index in [2.05, 4.69) is 15.3 Å². The number of amides is 1. The maximum atomic E-state index is 12.7. The number of piperidine rings is 1. The van der Waals surface area contributed by atoms with Crippen molar-refractivity contribution in [2.75, 3.05) is 25.0 Å². The van der Waals surface area contributed by atoms with Crippen molar-refractivity contribution in [2.45, 2.75) is 46.0 Å². The van der Waals surface area contributed by atoms with E-state index in [1.54, 1.807) is 6.20 Å². The van der Waals surface area contributed by atoms with Gasteiger partial charge in [0.25, 0.3) is 5.91 Å². The van der Waals surface area contributed by atoms with Gasteiger partial charge >= 0.3 is 0 Å². The Morgan fingerprint density at radius 1 is 1.35 bits per heavy atom. The molecule has 1 amide bonds. The third-order valence-corrected chi connectivity index (χ3v) is 3.54. The second-order valence-corrected chi connectivity index (χ2v) is 5.53. The summed E-state index contributed by atoms with van der Waals surface area (Å²) in [5.41, 5.74) is 1.26. The molecule has 2 rings (SSSR count). The molecule has 1 aromatic rings. The van der Waals surface area contributed by atoms with Crippen LogP contribution < -0.4 is 5.32 Å². The summed E-state index contributed by atoms with van der Waals surface area (Å²) < 4.78 is 0. The molecular formula is C15H24N4O. The fraction of sp³-hybridized carbons (Fsp3) is 0.667. The SMILES string of the molecule is CCNc1cnc(C(C)C)nc1C(=O)N1CCCCC1. The van der Waals surface area contributed by atoms with Gasteiger partial charge in [-0.2, -0.15) is 0 Å². The highest BCUT2D eigenvalue weighted by molar-refractivity contribution is 5.97. The zero-order chi connectivity index (χ0) is 14.5. The molecular weight excluding hydrogens is 252 g/mol. The smallest absolute Gasteiger partial charge is 0.274 e. The summed E-state index contributed by atoms with van der Waals surface area (Å²) in [7, 11) is 0. The lowest BCUT2D eigenvalue weighted by Crippen LogP contribution is -2.36. The summed E-state index contributed by atoms with van der Waals surface area (Å²) in [6.07, 6.45) is 5.13. The molecule has 0 bridgehead atoms. The molecule has 0 aliphatic carbocycles. The minimum atomic E-state index is 0.0324. The molecule has 20 heavy (non-hydrogen) atoms. The third kappa shape index (κ3) is 3.26. The van der Waals surface area contributed by atoms with Crippen LogP contribution in [-0.2, 0) is 0 Å². The fourth-order valence-corrected chi connectivity index (χ4v) is 2.40. The first-order chi connectivity index (χ1) is 9.63. The molecule has 0 spiro atoms. The van der Waals surface area contributed by atoms with Gasteiger partial charge in [0.15, 0.2) is 5.69 Å². The van der Waals surface area contributed by atoms with E-state index in [0.717, 1.165) is 44.0 Å². The Hall–Kier alpha value is -1.65. The van der Waals surface area contributed by atoms with Gasteiger partial charge in [0, 0.05) is 25.6 Å². The van der Waals surface area contributed by atoms with Crippen LogP contribution in [0.4, 0.5) is 5.69 Å². The summed E-state index contributed by atoms with van der Waals surface area (Å²) in [5, 5.41) is 3.19. The Morgan fingerprint density at radius 2 is 2.05 bits per heavy atom. The molecule has 110 valence electrons. The number of hydrogen-bond donors (Lipinski definition) is 1. The second kappa shape index (κ2) is 6.68. The number of anilines is 1. The number of aromatic nitrogens is 2. The Kier molecular flexibility index (Phi) is 4.93. The summed E-state index contributed by atoms with van der Waals surface area (Å²) in [5.74, 6) is 0.982. The largest absolute Gasteiger partial charge is 0.382 e. The average molecular weight is 276 g/mol. The van der Waals surface area contributed by atoms with Gasteiger partial charge in [0.05, 0.1) is 11.9 Å². The van der Waals surface area contributed by atoms with E-state index in [-0.39, 0.29) is 11.8 Å². The summed E-state index contributed by atoms with van der Waals surface area (Å²) in [6, 6.07) is 0. The van der Waals surface area contributed by atoms with Gasteiger partial charge in [-0.05, 0) is 26.2 Å². The van der Waals surface area contributed by atoms with Crippen LogP contribution >= 0.6 is 0 Å². The Bertz CT molecular complexity index is 467. The van der Waals surface area contributed by atoms with Crippen LogP contribution in [-0.4, -0.2) is 40.4 Å². The van der Waals surface area contributed by atoms with Crippen molar-refractivity contribution in [3.05, 3.63) is 17.7 Å². The van der Waals surface area contributed by atoms with Gasteiger partial charge in [-0.3, -0.25) is 4.79 Å². The molecule has 5 heteroatoms. The first-order valence-electron chi connectivity index (χ1n) is 7.53. The predicted octanol–water partition coefficient (Wildman–Crippen LogP) is 2.66. The molecule has 1 aliphatic rings. The lowest BCUT2D eigenvalue weighted by Gasteiger charge is -2.27. The lowest BCUT2D eigenvalue weighted by molar-refractivity contribution is 0.0719. The minimum Gasteiger partial charge on any atom is -0.382 e. The second-order valence-electron chi connectivity index (χ2n) is 5.53. The molecule has 1 N–H and O–H groups in total. The van der Waals surface area contributed by atoms with Crippen molar-refractivity contribution in [3.63, 3.8) is 0 Å². The number of likely N-dealkylation sites (tertiary alicyclic amines) is 1. The van der Waals surface area contributed by atoms with Crippen molar-refractivity contribution in [2.24, 2.45) is 0 Å². The molecule has 0 aromatic carbocycles. The van der Waals surface area contributed by atoms with Crippen LogP contribution in [0.3, 0.4) is 0 Å². The number of nitrogens with zero attached hydrogens (tertiary/aromatic N) is 3. The molecule has 1 aromatic heterocycles. The van der Waals surface area contributed by atoms with Gasteiger partial charge in [0.1, 0.15) is 5.82 Å². The number of hydrogen-bond acceptors (Lipinski definition) is 4. The molecule has 2 heterocycles. The van der Waals surface area contributed by atoms with Gasteiger partial charge in [-0.25, -0.2) is 9.97 Å². The topological polar surface area (TPSA) is 58.1 Å². The number of carbonyl (C=O) groups is 1. The highest BCUT2D eigenvalue weighted by atomic mass is 16.2.